The van der Waals surface area contributed by atoms with Gasteiger partial charge in [0, 0.05) is 36.7 Å². The highest BCUT2D eigenvalue weighted by Crippen LogP contribution is 2.30. The normalized spacial score (nSPS) is 17.3. The molecule has 1 fully saturated rings. The van der Waals surface area contributed by atoms with E-state index in [1.165, 1.54) is 5.39 Å². The van der Waals surface area contributed by atoms with Gasteiger partial charge in [-0.05, 0) is 38.6 Å². The predicted molar refractivity (Wildman–Crippen MR) is 89.3 cm³/mol. The summed E-state index contributed by atoms with van der Waals surface area (Å²) in [5, 5.41) is 0.997. The Balaban J connectivity index is 1.90. The van der Waals surface area contributed by atoms with Gasteiger partial charge in [-0.15, -0.1) is 0 Å². The van der Waals surface area contributed by atoms with Gasteiger partial charge in [0.15, 0.2) is 0 Å². The number of para-hydroxylation sites is 1. The van der Waals surface area contributed by atoms with Gasteiger partial charge in [-0.25, -0.2) is 13.1 Å². The molecule has 1 aromatic heterocycles. The molecule has 0 bridgehead atoms. The van der Waals surface area contributed by atoms with Crippen LogP contribution in [0.5, 0.6) is 0 Å². The van der Waals surface area contributed by atoms with Gasteiger partial charge in [0.05, 0.1) is 5.25 Å². The Bertz CT molecular complexity index is 776. The van der Waals surface area contributed by atoms with Crippen molar-refractivity contribution in [2.75, 3.05) is 20.6 Å². The number of hydrogen-bond acceptors (Lipinski definition) is 3. The van der Waals surface area contributed by atoms with Crippen molar-refractivity contribution in [2.24, 2.45) is 7.05 Å². The van der Waals surface area contributed by atoms with Crippen molar-refractivity contribution >= 4 is 20.9 Å². The highest BCUT2D eigenvalue weighted by molar-refractivity contribution is 7.90. The number of aromatic nitrogens is 1. The van der Waals surface area contributed by atoms with Crippen molar-refractivity contribution in [3.63, 3.8) is 0 Å². The molecule has 1 aliphatic carbocycles. The van der Waals surface area contributed by atoms with Crippen LogP contribution >= 0.6 is 0 Å². The minimum Gasteiger partial charge on any atom is -0.350 e. The van der Waals surface area contributed by atoms with E-state index in [9.17, 15) is 8.42 Å². The van der Waals surface area contributed by atoms with E-state index in [0.29, 0.717) is 6.54 Å². The number of aryl methyl sites for hydroxylation is 1. The van der Waals surface area contributed by atoms with E-state index in [0.717, 1.165) is 23.9 Å². The molecule has 2 aromatic rings. The molecule has 0 spiro atoms. The van der Waals surface area contributed by atoms with Crippen LogP contribution in [0.1, 0.15) is 24.4 Å². The van der Waals surface area contributed by atoms with Crippen LogP contribution in [0.4, 0.5) is 0 Å². The maximum absolute atomic E-state index is 12.1. The van der Waals surface area contributed by atoms with Gasteiger partial charge in [-0.3, -0.25) is 0 Å². The maximum atomic E-state index is 12.1. The Kier molecular flexibility index (Phi) is 4.01. The zero-order valence-electron chi connectivity index (χ0n) is 13.3. The zero-order valence-corrected chi connectivity index (χ0v) is 14.1. The molecule has 0 amide bonds. The fourth-order valence-electron chi connectivity index (χ4n) is 2.90. The van der Waals surface area contributed by atoms with Crippen LogP contribution < -0.4 is 4.72 Å². The van der Waals surface area contributed by atoms with Gasteiger partial charge >= 0.3 is 0 Å². The zero-order chi connectivity index (χ0) is 15.9. The number of nitrogens with one attached hydrogen (secondary N) is 1. The Hall–Kier alpha value is -1.37. The van der Waals surface area contributed by atoms with Crippen LogP contribution in [-0.4, -0.2) is 43.8 Å². The van der Waals surface area contributed by atoms with Crippen molar-refractivity contribution in [3.05, 3.63) is 36.0 Å². The molecular weight excluding hydrogens is 298 g/mol. The number of fused-ring (bicyclic) bond motifs is 1. The van der Waals surface area contributed by atoms with E-state index in [1.807, 2.05) is 33.3 Å². The fourth-order valence-corrected chi connectivity index (χ4v) is 4.28. The third kappa shape index (κ3) is 2.91. The molecule has 1 heterocycles. The molecule has 1 saturated carbocycles. The topological polar surface area (TPSA) is 54.3 Å². The molecule has 120 valence electrons. The standard InChI is InChI=1S/C16H23N3O2S/c1-18(2)16(10-17-22(20,21)12-8-9-12)14-11-19(3)15-7-5-4-6-13(14)15/h4-7,11-12,16-17H,8-10H2,1-3H3/t16-/m0/s1. The quantitative estimate of drug-likeness (QED) is 0.883. The van der Waals surface area contributed by atoms with Crippen LogP contribution in [-0.2, 0) is 17.1 Å². The Labute approximate surface area is 132 Å². The number of hydrogen-bond donors (Lipinski definition) is 1. The van der Waals surface area contributed by atoms with Gasteiger partial charge in [-0.1, -0.05) is 18.2 Å². The highest BCUT2D eigenvalue weighted by atomic mass is 32.2. The highest BCUT2D eigenvalue weighted by Gasteiger charge is 2.36. The molecule has 5 nitrogen and oxygen atoms in total. The van der Waals surface area contributed by atoms with Gasteiger partial charge in [0.2, 0.25) is 10.0 Å². The number of benzene rings is 1. The molecule has 1 N–H and O–H groups in total. The van der Waals surface area contributed by atoms with E-state index in [2.05, 4.69) is 32.5 Å². The molecule has 3 rings (SSSR count). The van der Waals surface area contributed by atoms with E-state index in [4.69, 9.17) is 0 Å². The van der Waals surface area contributed by atoms with Crippen molar-refractivity contribution in [1.82, 2.24) is 14.2 Å². The second kappa shape index (κ2) is 5.68. The first-order valence-electron chi connectivity index (χ1n) is 7.59. The average molecular weight is 321 g/mol. The summed E-state index contributed by atoms with van der Waals surface area (Å²) in [5.41, 5.74) is 2.32. The van der Waals surface area contributed by atoms with Crippen LogP contribution in [0.25, 0.3) is 10.9 Å². The molecule has 1 aromatic carbocycles. The van der Waals surface area contributed by atoms with Crippen molar-refractivity contribution in [1.29, 1.82) is 0 Å². The molecule has 0 saturated heterocycles. The first-order valence-corrected chi connectivity index (χ1v) is 9.13. The van der Waals surface area contributed by atoms with Crippen LogP contribution in [0.3, 0.4) is 0 Å². The summed E-state index contributed by atoms with van der Waals surface area (Å²) in [5.74, 6) is 0. The third-order valence-corrected chi connectivity index (χ3v) is 6.27. The lowest BCUT2D eigenvalue weighted by Crippen LogP contribution is -2.36. The first-order chi connectivity index (χ1) is 10.4. The molecule has 6 heteroatoms. The minimum atomic E-state index is -3.15. The second-order valence-corrected chi connectivity index (χ2v) is 8.33. The lowest BCUT2D eigenvalue weighted by Gasteiger charge is -2.24. The van der Waals surface area contributed by atoms with Gasteiger partial charge in [0.1, 0.15) is 0 Å². The average Bonchev–Trinajstić information content (AvgIpc) is 3.27. The van der Waals surface area contributed by atoms with Crippen LogP contribution in [0, 0.1) is 0 Å². The number of rotatable bonds is 6. The molecule has 1 aliphatic rings. The molecule has 1 atom stereocenters. The number of sulfonamides is 1. The summed E-state index contributed by atoms with van der Waals surface area (Å²) >= 11 is 0. The van der Waals surface area contributed by atoms with Crippen LogP contribution in [0.2, 0.25) is 0 Å². The van der Waals surface area contributed by atoms with Gasteiger partial charge < -0.3 is 9.47 Å². The summed E-state index contributed by atoms with van der Waals surface area (Å²) in [6.07, 6.45) is 3.67. The predicted octanol–water partition coefficient (Wildman–Crippen LogP) is 1.86. The lowest BCUT2D eigenvalue weighted by atomic mass is 10.1. The van der Waals surface area contributed by atoms with E-state index < -0.39 is 10.0 Å². The van der Waals surface area contributed by atoms with Gasteiger partial charge in [0.25, 0.3) is 0 Å². The lowest BCUT2D eigenvalue weighted by molar-refractivity contribution is 0.301. The number of likely N-dealkylation sites (N-methyl/N-ethyl adjacent to an activating group) is 1. The molecular formula is C16H23N3O2S. The molecule has 0 radical (unpaired) electrons. The summed E-state index contributed by atoms with van der Waals surface area (Å²) in [4.78, 5) is 2.07. The minimum absolute atomic E-state index is 0.0135. The summed E-state index contributed by atoms with van der Waals surface area (Å²) in [7, 11) is 2.84. The van der Waals surface area contributed by atoms with Gasteiger partial charge in [-0.2, -0.15) is 0 Å². The van der Waals surface area contributed by atoms with E-state index >= 15 is 0 Å². The largest absolute Gasteiger partial charge is 0.350 e. The fraction of sp³-hybridized carbons (Fsp3) is 0.500. The SMILES string of the molecule is CN(C)[C@@H](CNS(=O)(=O)C1CC1)c1cn(C)c2ccccc12. The second-order valence-electron chi connectivity index (χ2n) is 6.28. The Morgan fingerprint density at radius 1 is 1.32 bits per heavy atom. The van der Waals surface area contributed by atoms with E-state index in [1.54, 1.807) is 0 Å². The first kappa shape index (κ1) is 15.5. The molecule has 0 aliphatic heterocycles. The van der Waals surface area contributed by atoms with Crippen molar-refractivity contribution < 1.29 is 8.42 Å². The van der Waals surface area contributed by atoms with Crippen molar-refractivity contribution in [3.8, 4) is 0 Å². The third-order valence-electron chi connectivity index (χ3n) is 4.35. The molecule has 22 heavy (non-hydrogen) atoms. The summed E-state index contributed by atoms with van der Waals surface area (Å²) < 4.78 is 29.1. The smallest absolute Gasteiger partial charge is 0.214 e. The maximum Gasteiger partial charge on any atom is 0.214 e. The number of nitrogens with zero attached hydrogens (tertiary/aromatic N) is 2. The monoisotopic (exact) mass is 321 g/mol. The van der Waals surface area contributed by atoms with Crippen molar-refractivity contribution in [2.45, 2.75) is 24.1 Å². The Morgan fingerprint density at radius 2 is 2.00 bits per heavy atom. The molecule has 0 unspecified atom stereocenters. The summed E-state index contributed by atoms with van der Waals surface area (Å²) in [6, 6.07) is 8.23. The van der Waals surface area contributed by atoms with Crippen LogP contribution in [0.15, 0.2) is 30.5 Å². The van der Waals surface area contributed by atoms with E-state index in [-0.39, 0.29) is 11.3 Å². The Morgan fingerprint density at radius 3 is 2.64 bits per heavy atom. The summed E-state index contributed by atoms with van der Waals surface area (Å²) in [6.45, 7) is 0.403.